The van der Waals surface area contributed by atoms with Gasteiger partial charge in [-0.15, -0.1) is 0 Å². The number of rotatable bonds is 1. The van der Waals surface area contributed by atoms with Crippen molar-refractivity contribution < 1.29 is 9.53 Å². The molecule has 1 aromatic rings. The monoisotopic (exact) mass is 280 g/mol. The normalized spacial score (nSPS) is 20.9. The van der Waals surface area contributed by atoms with Crippen LogP contribution in [0.3, 0.4) is 0 Å². The lowest BCUT2D eigenvalue weighted by Crippen LogP contribution is -1.95. The van der Waals surface area contributed by atoms with E-state index in [4.69, 9.17) is 0 Å². The summed E-state index contributed by atoms with van der Waals surface area (Å²) in [6.07, 6.45) is 2.49. The van der Waals surface area contributed by atoms with Crippen molar-refractivity contribution in [1.29, 1.82) is 0 Å². The Morgan fingerprint density at radius 1 is 1.56 bits per heavy atom. The van der Waals surface area contributed by atoms with Gasteiger partial charge >= 0.3 is 5.97 Å². The second-order valence-electron chi connectivity index (χ2n) is 4.00. The van der Waals surface area contributed by atoms with Crippen LogP contribution in [-0.4, -0.2) is 13.1 Å². The standard InChI is InChI=1S/C13H13BrO2/c1-8-6-9(7-12(15)16-2)10-4-3-5-11(14)13(8)10/h3-5,7-8H,6H2,1-2H3/b9-7-. The maximum absolute atomic E-state index is 11.3. The summed E-state index contributed by atoms with van der Waals surface area (Å²) in [7, 11) is 1.40. The van der Waals surface area contributed by atoms with Crippen molar-refractivity contribution in [2.45, 2.75) is 19.3 Å². The highest BCUT2D eigenvalue weighted by molar-refractivity contribution is 9.10. The van der Waals surface area contributed by atoms with E-state index in [1.165, 1.54) is 12.7 Å². The van der Waals surface area contributed by atoms with Crippen LogP contribution in [0.15, 0.2) is 28.7 Å². The number of fused-ring (bicyclic) bond motifs is 1. The zero-order chi connectivity index (χ0) is 11.7. The molecule has 3 heteroatoms. The molecule has 0 N–H and O–H groups in total. The minimum absolute atomic E-state index is 0.282. The first-order valence-electron chi connectivity index (χ1n) is 5.20. The smallest absolute Gasteiger partial charge is 0.330 e. The van der Waals surface area contributed by atoms with E-state index in [2.05, 4.69) is 33.7 Å². The Bertz CT molecular complexity index is 463. The average molecular weight is 281 g/mol. The third-order valence-corrected chi connectivity index (χ3v) is 3.60. The van der Waals surface area contributed by atoms with Gasteiger partial charge in [0.05, 0.1) is 7.11 Å². The van der Waals surface area contributed by atoms with Gasteiger partial charge in [-0.05, 0) is 35.1 Å². The summed E-state index contributed by atoms with van der Waals surface area (Å²) in [5, 5.41) is 0. The molecule has 1 aliphatic carbocycles. The topological polar surface area (TPSA) is 26.3 Å². The molecular weight excluding hydrogens is 268 g/mol. The highest BCUT2D eigenvalue weighted by Gasteiger charge is 2.25. The average Bonchev–Trinajstić information content (AvgIpc) is 2.57. The van der Waals surface area contributed by atoms with E-state index in [1.54, 1.807) is 6.08 Å². The molecule has 0 aliphatic heterocycles. The summed E-state index contributed by atoms with van der Waals surface area (Å²) in [5.74, 6) is 0.163. The zero-order valence-electron chi connectivity index (χ0n) is 9.29. The summed E-state index contributed by atoms with van der Waals surface area (Å²) >= 11 is 3.56. The lowest BCUT2D eigenvalue weighted by atomic mass is 10.0. The molecule has 0 aromatic heterocycles. The molecular formula is C13H13BrO2. The number of carbonyl (C=O) groups is 1. The second kappa shape index (κ2) is 4.42. The lowest BCUT2D eigenvalue weighted by molar-refractivity contribution is -0.134. The predicted molar refractivity (Wildman–Crippen MR) is 67.2 cm³/mol. The number of ether oxygens (including phenoxy) is 1. The van der Waals surface area contributed by atoms with Gasteiger partial charge in [0.25, 0.3) is 0 Å². The Kier molecular flexibility index (Phi) is 3.15. The van der Waals surface area contributed by atoms with Crippen LogP contribution in [0.1, 0.15) is 30.4 Å². The first-order valence-corrected chi connectivity index (χ1v) is 6.00. The Morgan fingerprint density at radius 2 is 2.31 bits per heavy atom. The van der Waals surface area contributed by atoms with Crippen LogP contribution in [0.2, 0.25) is 0 Å². The van der Waals surface area contributed by atoms with E-state index < -0.39 is 0 Å². The highest BCUT2D eigenvalue weighted by Crippen LogP contribution is 2.44. The minimum atomic E-state index is -0.282. The fourth-order valence-electron chi connectivity index (χ4n) is 2.20. The van der Waals surface area contributed by atoms with E-state index in [9.17, 15) is 4.79 Å². The Hall–Kier alpha value is -1.09. The van der Waals surface area contributed by atoms with Crippen molar-refractivity contribution in [3.63, 3.8) is 0 Å². The summed E-state index contributed by atoms with van der Waals surface area (Å²) in [5.41, 5.74) is 3.51. The summed E-state index contributed by atoms with van der Waals surface area (Å²) in [4.78, 5) is 11.3. The first kappa shape index (κ1) is 11.4. The molecule has 1 aromatic carbocycles. The van der Waals surface area contributed by atoms with E-state index in [1.807, 2.05) is 12.1 Å². The summed E-state index contributed by atoms with van der Waals surface area (Å²) < 4.78 is 5.78. The van der Waals surface area contributed by atoms with E-state index in [0.717, 1.165) is 22.0 Å². The van der Waals surface area contributed by atoms with Gasteiger partial charge in [-0.2, -0.15) is 0 Å². The Morgan fingerprint density at radius 3 is 3.00 bits per heavy atom. The number of carbonyl (C=O) groups excluding carboxylic acids is 1. The van der Waals surface area contributed by atoms with Crippen LogP contribution in [0.25, 0.3) is 5.57 Å². The summed E-state index contributed by atoms with van der Waals surface area (Å²) in [6.45, 7) is 2.17. The molecule has 0 radical (unpaired) electrons. The zero-order valence-corrected chi connectivity index (χ0v) is 10.9. The number of methoxy groups -OCH3 is 1. The van der Waals surface area contributed by atoms with Crippen molar-refractivity contribution in [2.24, 2.45) is 0 Å². The largest absolute Gasteiger partial charge is 0.466 e. The number of allylic oxidation sites excluding steroid dienone is 1. The molecule has 16 heavy (non-hydrogen) atoms. The molecule has 2 rings (SSSR count). The molecule has 0 amide bonds. The molecule has 0 bridgehead atoms. The molecule has 2 nitrogen and oxygen atoms in total. The summed E-state index contributed by atoms with van der Waals surface area (Å²) in [6, 6.07) is 6.08. The molecule has 0 saturated carbocycles. The van der Waals surface area contributed by atoms with E-state index in [0.29, 0.717) is 5.92 Å². The molecule has 1 unspecified atom stereocenters. The molecule has 84 valence electrons. The number of benzene rings is 1. The SMILES string of the molecule is COC(=O)/C=C1/CC(C)c2c(Br)cccc21. The maximum Gasteiger partial charge on any atom is 0.330 e. The van der Waals surface area contributed by atoms with Crippen LogP contribution >= 0.6 is 15.9 Å². The Balaban J connectivity index is 2.48. The van der Waals surface area contributed by atoms with Crippen molar-refractivity contribution in [3.8, 4) is 0 Å². The maximum atomic E-state index is 11.3. The Labute approximate surface area is 103 Å². The van der Waals surface area contributed by atoms with Gasteiger partial charge in [-0.25, -0.2) is 4.79 Å². The molecule has 1 aliphatic rings. The van der Waals surface area contributed by atoms with Crippen molar-refractivity contribution in [1.82, 2.24) is 0 Å². The quantitative estimate of drug-likeness (QED) is 0.581. The van der Waals surface area contributed by atoms with Crippen LogP contribution in [-0.2, 0) is 9.53 Å². The number of hydrogen-bond acceptors (Lipinski definition) is 2. The van der Waals surface area contributed by atoms with Crippen molar-refractivity contribution in [3.05, 3.63) is 39.9 Å². The van der Waals surface area contributed by atoms with Crippen LogP contribution < -0.4 is 0 Å². The van der Waals surface area contributed by atoms with Crippen molar-refractivity contribution in [2.75, 3.05) is 7.11 Å². The van der Waals surface area contributed by atoms with Gasteiger partial charge in [0.2, 0.25) is 0 Å². The van der Waals surface area contributed by atoms with Gasteiger partial charge in [0, 0.05) is 10.5 Å². The van der Waals surface area contributed by atoms with Gasteiger partial charge in [-0.3, -0.25) is 0 Å². The van der Waals surface area contributed by atoms with Crippen LogP contribution in [0.4, 0.5) is 0 Å². The van der Waals surface area contributed by atoms with Crippen molar-refractivity contribution >= 4 is 27.5 Å². The van der Waals surface area contributed by atoms with Gasteiger partial charge in [-0.1, -0.05) is 35.0 Å². The third-order valence-electron chi connectivity index (χ3n) is 2.91. The minimum Gasteiger partial charge on any atom is -0.466 e. The lowest BCUT2D eigenvalue weighted by Gasteiger charge is -2.05. The van der Waals surface area contributed by atoms with Gasteiger partial charge in [0.15, 0.2) is 0 Å². The predicted octanol–water partition coefficient (Wildman–Crippen LogP) is 3.51. The highest BCUT2D eigenvalue weighted by atomic mass is 79.9. The van der Waals surface area contributed by atoms with Crippen LogP contribution in [0.5, 0.6) is 0 Å². The third kappa shape index (κ3) is 1.92. The van der Waals surface area contributed by atoms with E-state index >= 15 is 0 Å². The fourth-order valence-corrected chi connectivity index (χ4v) is 2.95. The number of halogens is 1. The van der Waals surface area contributed by atoms with Gasteiger partial charge in [0.1, 0.15) is 0 Å². The fraction of sp³-hybridized carbons (Fsp3) is 0.308. The molecule has 0 heterocycles. The molecule has 1 atom stereocenters. The molecule has 0 saturated heterocycles. The number of esters is 1. The first-order chi connectivity index (χ1) is 7.63. The second-order valence-corrected chi connectivity index (χ2v) is 4.85. The molecule has 0 fully saturated rings. The number of hydrogen-bond donors (Lipinski definition) is 0. The van der Waals surface area contributed by atoms with Crippen LogP contribution in [0, 0.1) is 0 Å². The van der Waals surface area contributed by atoms with Gasteiger partial charge < -0.3 is 4.74 Å². The van der Waals surface area contributed by atoms with E-state index in [-0.39, 0.29) is 5.97 Å². The molecule has 0 spiro atoms.